The van der Waals surface area contributed by atoms with E-state index in [4.69, 9.17) is 5.11 Å². The van der Waals surface area contributed by atoms with E-state index in [1.165, 1.54) is 0 Å². The second-order valence-corrected chi connectivity index (χ2v) is 0.577. The zero-order valence-corrected chi connectivity index (χ0v) is 8.48. The van der Waals surface area contributed by atoms with Gasteiger partial charge in [-0.1, -0.05) is 0 Å². The number of hydrogen-bond donors (Lipinski definition) is 1. The van der Waals surface area contributed by atoms with Crippen molar-refractivity contribution in [3.05, 3.63) is 6.92 Å². The van der Waals surface area contributed by atoms with Gasteiger partial charge in [-0.15, -0.1) is 0 Å². The first-order valence-electron chi connectivity index (χ1n) is 1.32. The first-order valence-corrected chi connectivity index (χ1v) is 1.32. The summed E-state index contributed by atoms with van der Waals surface area (Å²) in [6.45, 7) is 3.56. The molecule has 34 valence electrons. The number of aliphatic hydroxyl groups excluding tert-OH is 1. The van der Waals surface area contributed by atoms with E-state index in [1.54, 1.807) is 0 Å². The Kier molecular flexibility index (Phi) is 41.4. The van der Waals surface area contributed by atoms with Crippen molar-refractivity contribution in [3.8, 4) is 0 Å². The molecule has 0 bridgehead atoms. The van der Waals surface area contributed by atoms with Gasteiger partial charge in [-0.2, -0.15) is 6.42 Å². The third-order valence-electron chi connectivity index (χ3n) is 0.158. The molecular weight excluding hydrogens is 234 g/mol. The molecule has 0 amide bonds. The molecule has 0 aliphatic heterocycles. The van der Waals surface area contributed by atoms with Gasteiger partial charge in [0.1, 0.15) is 0 Å². The van der Waals surface area contributed by atoms with Crippen LogP contribution in [-0.2, 0) is 52.4 Å². The molecule has 0 rings (SSSR count). The van der Waals surface area contributed by atoms with Gasteiger partial charge in [0.15, 0.2) is 0 Å². The van der Waals surface area contributed by atoms with Gasteiger partial charge in [0.05, 0.1) is 0 Å². The fourth-order valence-electron chi connectivity index (χ4n) is 0. The van der Waals surface area contributed by atoms with Crippen molar-refractivity contribution in [1.29, 1.82) is 0 Å². The van der Waals surface area contributed by atoms with Crippen LogP contribution < -0.4 is 0 Å². The van der Waals surface area contributed by atoms with Crippen LogP contribution in [0.4, 0.5) is 0 Å². The fourth-order valence-corrected chi connectivity index (χ4v) is 0. The summed E-state index contributed by atoms with van der Waals surface area (Å²) in [5, 5.41) is 7.81. The topological polar surface area (TPSA) is 20.2 Å². The molecule has 1 nitrogen and oxygen atoms in total. The van der Waals surface area contributed by atoms with Gasteiger partial charge in [0.2, 0.25) is 0 Å². The van der Waals surface area contributed by atoms with Gasteiger partial charge in [-0.05, 0) is 0 Å². The van der Waals surface area contributed by atoms with E-state index in [-0.39, 0.29) is 59.0 Å². The number of aliphatic hydroxyl groups is 1. The van der Waals surface area contributed by atoms with E-state index < -0.39 is 0 Å². The molecule has 0 aromatic rings. The van der Waals surface area contributed by atoms with E-state index in [0.29, 0.717) is 6.42 Å². The Hall–Kier alpha value is 1.73. The zero-order chi connectivity index (χ0) is 3.41. The van der Waals surface area contributed by atoms with Gasteiger partial charge < -0.3 is 12.0 Å². The molecule has 0 aromatic carbocycles. The van der Waals surface area contributed by atoms with Crippen molar-refractivity contribution in [2.24, 2.45) is 0 Å². The Labute approximate surface area is 76.8 Å². The van der Waals surface area contributed by atoms with Crippen LogP contribution in [0.25, 0.3) is 0 Å². The van der Waals surface area contributed by atoms with Crippen LogP contribution in [0.2, 0.25) is 0 Å². The number of hydrogen-bond acceptors (Lipinski definition) is 1. The van der Waals surface area contributed by atoms with Crippen molar-refractivity contribution in [2.45, 2.75) is 6.42 Å². The SMILES string of the molecule is [CH2-]CCO.[Zr].[Zr]. The Morgan fingerprint density at radius 1 is 1.33 bits per heavy atom. The monoisotopic (exact) mass is 239 g/mol. The summed E-state index contributed by atoms with van der Waals surface area (Å²) in [6.07, 6.45) is 0.625. The molecule has 0 aromatic heterocycles. The molecule has 0 radical (unpaired) electrons. The predicted molar refractivity (Wildman–Crippen MR) is 17.1 cm³/mol. The minimum atomic E-state index is 0. The van der Waals surface area contributed by atoms with Gasteiger partial charge >= 0.3 is 0 Å². The van der Waals surface area contributed by atoms with Crippen molar-refractivity contribution < 1.29 is 57.5 Å². The average Bonchev–Trinajstić information content (AvgIpc) is 1.37. The third kappa shape index (κ3) is 17.2. The third-order valence-corrected chi connectivity index (χ3v) is 0.158. The molecule has 0 aliphatic carbocycles. The maximum absolute atomic E-state index is 7.81. The first kappa shape index (κ1) is 15.6. The maximum atomic E-state index is 7.81. The van der Waals surface area contributed by atoms with Crippen LogP contribution in [-0.4, -0.2) is 11.7 Å². The molecule has 3 heteroatoms. The van der Waals surface area contributed by atoms with Crippen molar-refractivity contribution in [3.63, 3.8) is 0 Å². The van der Waals surface area contributed by atoms with E-state index in [0.717, 1.165) is 0 Å². The second-order valence-electron chi connectivity index (χ2n) is 0.577. The van der Waals surface area contributed by atoms with Crippen LogP contribution in [0.3, 0.4) is 0 Å². The number of rotatable bonds is 1. The van der Waals surface area contributed by atoms with Gasteiger partial charge in [-0.3, -0.25) is 0 Å². The Morgan fingerprint density at radius 2 is 1.50 bits per heavy atom. The Balaban J connectivity index is -0.0000000450. The molecule has 0 unspecified atom stereocenters. The van der Waals surface area contributed by atoms with Gasteiger partial charge in [0.25, 0.3) is 0 Å². The molecule has 0 saturated heterocycles. The Morgan fingerprint density at radius 3 is 1.50 bits per heavy atom. The fraction of sp³-hybridized carbons (Fsp3) is 0.667. The van der Waals surface area contributed by atoms with Crippen molar-refractivity contribution in [2.75, 3.05) is 6.61 Å². The molecule has 0 atom stereocenters. The van der Waals surface area contributed by atoms with Gasteiger partial charge in [-0.25, -0.2) is 0 Å². The van der Waals surface area contributed by atoms with E-state index in [2.05, 4.69) is 6.92 Å². The summed E-state index contributed by atoms with van der Waals surface area (Å²) in [6, 6.07) is 0. The van der Waals surface area contributed by atoms with E-state index in [1.807, 2.05) is 0 Å². The minimum absolute atomic E-state index is 0. The summed E-state index contributed by atoms with van der Waals surface area (Å²) in [5.41, 5.74) is 0. The maximum Gasteiger partial charge on any atom is 0.0159 e. The van der Waals surface area contributed by atoms with Crippen LogP contribution in [0, 0.1) is 6.92 Å². The molecule has 0 fully saturated rings. The molecule has 0 aliphatic rings. The average molecular weight is 242 g/mol. The smallest absolute Gasteiger partial charge is 0.0159 e. The normalized spacial score (nSPS) is 5.00. The van der Waals surface area contributed by atoms with Crippen LogP contribution in [0.15, 0.2) is 0 Å². The van der Waals surface area contributed by atoms with Crippen LogP contribution in [0.1, 0.15) is 6.42 Å². The molecule has 0 saturated carbocycles. The molecule has 6 heavy (non-hydrogen) atoms. The quantitative estimate of drug-likeness (QED) is 0.650. The largest absolute Gasteiger partial charge is 0.399 e. The van der Waals surface area contributed by atoms with Crippen LogP contribution >= 0.6 is 0 Å². The summed E-state index contributed by atoms with van der Waals surface area (Å²) in [4.78, 5) is 0. The molecular formula is C3H7OZr2-. The van der Waals surface area contributed by atoms with Crippen molar-refractivity contribution >= 4 is 0 Å². The minimum Gasteiger partial charge on any atom is -0.399 e. The standard InChI is InChI=1S/C3H7O.2Zr/c1-2-3-4;;/h4H,1-3H2;;/q-1;;. The molecule has 0 spiro atoms. The van der Waals surface area contributed by atoms with Gasteiger partial charge in [0, 0.05) is 59.0 Å². The second kappa shape index (κ2) is 15.9. The summed E-state index contributed by atoms with van der Waals surface area (Å²) in [7, 11) is 0. The molecule has 0 heterocycles. The van der Waals surface area contributed by atoms with Crippen molar-refractivity contribution in [1.82, 2.24) is 0 Å². The first-order chi connectivity index (χ1) is 1.91. The molecule has 1 N–H and O–H groups in total. The zero-order valence-electron chi connectivity index (χ0n) is 3.57. The summed E-state index contributed by atoms with van der Waals surface area (Å²) < 4.78 is 0. The van der Waals surface area contributed by atoms with Crippen LogP contribution in [0.5, 0.6) is 0 Å². The Bertz CT molecular complexity index is 10.8. The summed E-state index contributed by atoms with van der Waals surface area (Å²) in [5.74, 6) is 0. The van der Waals surface area contributed by atoms with E-state index >= 15 is 0 Å². The predicted octanol–water partition coefficient (Wildman–Crippen LogP) is 0.198. The van der Waals surface area contributed by atoms with E-state index in [9.17, 15) is 0 Å². The summed E-state index contributed by atoms with van der Waals surface area (Å²) >= 11 is 0.